The van der Waals surface area contributed by atoms with Crippen molar-refractivity contribution in [3.63, 3.8) is 0 Å². The lowest BCUT2D eigenvalue weighted by atomic mass is 10.0. The van der Waals surface area contributed by atoms with Gasteiger partial charge in [0.1, 0.15) is 11.6 Å². The zero-order valence-electron chi connectivity index (χ0n) is 15.0. The van der Waals surface area contributed by atoms with E-state index in [0.29, 0.717) is 5.75 Å². The van der Waals surface area contributed by atoms with E-state index in [1.54, 1.807) is 38.3 Å². The van der Waals surface area contributed by atoms with Crippen LogP contribution in [-0.2, 0) is 26.1 Å². The highest BCUT2D eigenvalue weighted by atomic mass is 32.2. The summed E-state index contributed by atoms with van der Waals surface area (Å²) in [5.41, 5.74) is 0.998. The number of rotatable bonds is 6. The van der Waals surface area contributed by atoms with Crippen LogP contribution in [-0.4, -0.2) is 32.4 Å². The van der Waals surface area contributed by atoms with Gasteiger partial charge in [-0.3, -0.25) is 4.79 Å². The fourth-order valence-electron chi connectivity index (χ4n) is 3.16. The minimum atomic E-state index is -3.86. The Balaban J connectivity index is 1.99. The topological polar surface area (TPSA) is 72.9 Å². The predicted molar refractivity (Wildman–Crippen MR) is 96.1 cm³/mol. The highest BCUT2D eigenvalue weighted by Gasteiger charge is 2.43. The van der Waals surface area contributed by atoms with E-state index in [9.17, 15) is 17.6 Å². The molecule has 0 aromatic heterocycles. The summed E-state index contributed by atoms with van der Waals surface area (Å²) in [5.74, 6) is -0.435. The van der Waals surface area contributed by atoms with Gasteiger partial charge in [0.15, 0.2) is 0 Å². The molecule has 0 amide bonds. The number of nitrogens with zero attached hydrogens (tertiary/aromatic N) is 1. The highest BCUT2D eigenvalue weighted by molar-refractivity contribution is 7.89. The van der Waals surface area contributed by atoms with Gasteiger partial charge in [0.25, 0.3) is 0 Å². The van der Waals surface area contributed by atoms with Crippen molar-refractivity contribution in [3.05, 3.63) is 59.4 Å². The maximum Gasteiger partial charge on any atom is 0.307 e. The van der Waals surface area contributed by atoms with Crippen LogP contribution in [0.4, 0.5) is 4.39 Å². The Morgan fingerprint density at radius 2 is 1.89 bits per heavy atom. The smallest absolute Gasteiger partial charge is 0.307 e. The van der Waals surface area contributed by atoms with E-state index in [1.807, 2.05) is 0 Å². The second-order valence-corrected chi connectivity index (χ2v) is 7.96. The van der Waals surface area contributed by atoms with E-state index in [-0.39, 0.29) is 30.0 Å². The second kappa shape index (κ2) is 7.66. The normalized spacial score (nSPS) is 18.1. The molecule has 0 unspecified atom stereocenters. The van der Waals surface area contributed by atoms with Gasteiger partial charge in [-0.25, -0.2) is 12.8 Å². The lowest BCUT2D eigenvalue weighted by Crippen LogP contribution is -2.29. The Labute approximate surface area is 157 Å². The summed E-state index contributed by atoms with van der Waals surface area (Å²) in [7, 11) is -2.32. The second-order valence-electron chi connectivity index (χ2n) is 6.11. The standard InChI is InChI=1S/C19H20FNO5S/c1-3-26-19(22)11-17-16-10-14(20)6-9-18(16)27(23,24)21(17)12-13-4-7-15(25-2)8-5-13/h4-10,17H,3,11-12H2,1-2H3/t17-/m0/s1. The van der Waals surface area contributed by atoms with Crippen molar-refractivity contribution in [2.45, 2.75) is 30.8 Å². The van der Waals surface area contributed by atoms with Crippen molar-refractivity contribution in [2.24, 2.45) is 0 Å². The van der Waals surface area contributed by atoms with Crippen LogP contribution in [0.25, 0.3) is 0 Å². The average molecular weight is 393 g/mol. The summed E-state index contributed by atoms with van der Waals surface area (Å²) in [5, 5.41) is 0. The van der Waals surface area contributed by atoms with Gasteiger partial charge in [-0.15, -0.1) is 0 Å². The SMILES string of the molecule is CCOC(=O)C[C@H]1c2cc(F)ccc2S(=O)(=O)N1Cc1ccc(OC)cc1. The molecule has 0 radical (unpaired) electrons. The van der Waals surface area contributed by atoms with E-state index in [0.717, 1.165) is 11.6 Å². The van der Waals surface area contributed by atoms with Crippen molar-refractivity contribution < 1.29 is 27.1 Å². The molecule has 6 nitrogen and oxygen atoms in total. The molecular weight excluding hydrogens is 373 g/mol. The number of carbonyl (C=O) groups is 1. The fourth-order valence-corrected chi connectivity index (χ4v) is 4.99. The lowest BCUT2D eigenvalue weighted by Gasteiger charge is -2.23. The number of sulfonamides is 1. The minimum absolute atomic E-state index is 0.0201. The van der Waals surface area contributed by atoms with Gasteiger partial charge in [-0.2, -0.15) is 4.31 Å². The number of benzene rings is 2. The highest BCUT2D eigenvalue weighted by Crippen LogP contribution is 2.42. The van der Waals surface area contributed by atoms with Crippen molar-refractivity contribution in [2.75, 3.05) is 13.7 Å². The van der Waals surface area contributed by atoms with Crippen molar-refractivity contribution >= 4 is 16.0 Å². The summed E-state index contributed by atoms with van der Waals surface area (Å²) in [4.78, 5) is 12.1. The quantitative estimate of drug-likeness (QED) is 0.706. The Hall–Kier alpha value is -2.45. The maximum atomic E-state index is 13.8. The summed E-state index contributed by atoms with van der Waals surface area (Å²) >= 11 is 0. The number of ether oxygens (including phenoxy) is 2. The zero-order chi connectivity index (χ0) is 19.6. The molecule has 1 aliphatic heterocycles. The number of esters is 1. The lowest BCUT2D eigenvalue weighted by molar-refractivity contribution is -0.144. The van der Waals surface area contributed by atoms with Gasteiger partial charge in [0.05, 0.1) is 31.1 Å². The molecule has 3 rings (SSSR count). The van der Waals surface area contributed by atoms with Gasteiger partial charge in [0, 0.05) is 6.54 Å². The largest absolute Gasteiger partial charge is 0.497 e. The summed E-state index contributed by atoms with van der Waals surface area (Å²) < 4.78 is 51.1. The van der Waals surface area contributed by atoms with Crippen LogP contribution < -0.4 is 4.74 Å². The molecule has 1 heterocycles. The van der Waals surface area contributed by atoms with Crippen molar-refractivity contribution in [1.29, 1.82) is 0 Å². The fraction of sp³-hybridized carbons (Fsp3) is 0.316. The Morgan fingerprint density at radius 3 is 2.52 bits per heavy atom. The molecule has 0 bridgehead atoms. The summed E-state index contributed by atoms with van der Waals surface area (Å²) in [6.45, 7) is 1.91. The number of carbonyl (C=O) groups excluding carboxylic acids is 1. The van der Waals surface area contributed by atoms with Crippen LogP contribution in [0, 0.1) is 5.82 Å². The molecule has 0 spiro atoms. The van der Waals surface area contributed by atoms with Gasteiger partial charge in [-0.1, -0.05) is 12.1 Å². The van der Waals surface area contributed by atoms with Crippen LogP contribution in [0.15, 0.2) is 47.4 Å². The summed E-state index contributed by atoms with van der Waals surface area (Å²) in [6, 6.07) is 9.66. The van der Waals surface area contributed by atoms with Crippen LogP contribution >= 0.6 is 0 Å². The maximum absolute atomic E-state index is 13.8. The van der Waals surface area contributed by atoms with E-state index in [1.165, 1.54) is 16.4 Å². The first kappa shape index (κ1) is 19.3. The molecule has 0 N–H and O–H groups in total. The van der Waals surface area contributed by atoms with E-state index >= 15 is 0 Å². The molecule has 0 saturated heterocycles. The third-order valence-corrected chi connectivity index (χ3v) is 6.36. The number of hydrogen-bond donors (Lipinski definition) is 0. The Morgan fingerprint density at radius 1 is 1.19 bits per heavy atom. The van der Waals surface area contributed by atoms with Gasteiger partial charge in [0.2, 0.25) is 10.0 Å². The minimum Gasteiger partial charge on any atom is -0.497 e. The van der Waals surface area contributed by atoms with Gasteiger partial charge >= 0.3 is 5.97 Å². The molecule has 8 heteroatoms. The third kappa shape index (κ3) is 3.81. The van der Waals surface area contributed by atoms with Crippen molar-refractivity contribution in [3.8, 4) is 5.75 Å². The Bertz CT molecular complexity index is 943. The third-order valence-electron chi connectivity index (χ3n) is 4.43. The average Bonchev–Trinajstić information content (AvgIpc) is 2.83. The van der Waals surface area contributed by atoms with Gasteiger partial charge in [-0.05, 0) is 48.4 Å². The summed E-state index contributed by atoms with van der Waals surface area (Å²) in [6.07, 6.45) is -0.181. The molecule has 144 valence electrons. The molecule has 2 aromatic carbocycles. The first-order valence-electron chi connectivity index (χ1n) is 8.46. The Kier molecular flexibility index (Phi) is 5.48. The predicted octanol–water partition coefficient (Wildman–Crippen LogP) is 3.03. The zero-order valence-corrected chi connectivity index (χ0v) is 15.8. The van der Waals surface area contributed by atoms with Crippen LogP contribution in [0.3, 0.4) is 0 Å². The molecule has 27 heavy (non-hydrogen) atoms. The molecule has 0 fully saturated rings. The number of halogens is 1. The number of methoxy groups -OCH3 is 1. The van der Waals surface area contributed by atoms with Gasteiger partial charge < -0.3 is 9.47 Å². The van der Waals surface area contributed by atoms with E-state index < -0.39 is 27.9 Å². The first-order chi connectivity index (χ1) is 12.9. The van der Waals surface area contributed by atoms with Crippen LogP contribution in [0.1, 0.15) is 30.5 Å². The first-order valence-corrected chi connectivity index (χ1v) is 9.90. The molecule has 2 aromatic rings. The molecule has 1 atom stereocenters. The van der Waals surface area contributed by atoms with E-state index in [2.05, 4.69) is 0 Å². The molecule has 1 aliphatic rings. The molecule has 0 aliphatic carbocycles. The number of fused-ring (bicyclic) bond motifs is 1. The monoisotopic (exact) mass is 393 g/mol. The van der Waals surface area contributed by atoms with E-state index in [4.69, 9.17) is 9.47 Å². The van der Waals surface area contributed by atoms with Crippen LogP contribution in [0.5, 0.6) is 5.75 Å². The number of hydrogen-bond acceptors (Lipinski definition) is 5. The molecular formula is C19H20FNO5S. The molecule has 0 saturated carbocycles. The van der Waals surface area contributed by atoms with Crippen molar-refractivity contribution in [1.82, 2.24) is 4.31 Å². The van der Waals surface area contributed by atoms with Crippen LogP contribution in [0.2, 0.25) is 0 Å².